The van der Waals surface area contributed by atoms with Gasteiger partial charge in [-0.1, -0.05) is 13.8 Å². The van der Waals surface area contributed by atoms with Gasteiger partial charge in [-0.3, -0.25) is 19.4 Å². The number of hydrogen-bond donors (Lipinski definition) is 3. The minimum atomic E-state index is -0.575. The van der Waals surface area contributed by atoms with Crippen molar-refractivity contribution in [3.8, 4) is 11.5 Å². The molecule has 2 aromatic carbocycles. The van der Waals surface area contributed by atoms with Gasteiger partial charge in [0.15, 0.2) is 0 Å². The van der Waals surface area contributed by atoms with E-state index in [1.54, 1.807) is 42.7 Å². The highest BCUT2D eigenvalue weighted by molar-refractivity contribution is 5.95. The maximum Gasteiger partial charge on any atom is 0.253 e. The number of benzene rings is 1. The van der Waals surface area contributed by atoms with Crippen molar-refractivity contribution in [1.82, 2.24) is 10.3 Å². The van der Waals surface area contributed by atoms with E-state index in [9.17, 15) is 14.4 Å². The summed E-state index contributed by atoms with van der Waals surface area (Å²) in [5.74, 6) is 0.761. The number of nitrogens with one attached hydrogen (secondary N) is 3. The molecule has 0 aliphatic carbocycles. The molecule has 0 bridgehead atoms. The monoisotopic (exact) mass is 438 g/mol. The Morgan fingerprint density at radius 2 is 1.66 bits per heavy atom. The van der Waals surface area contributed by atoms with Gasteiger partial charge in [0.1, 0.15) is 22.9 Å². The van der Waals surface area contributed by atoms with Crippen LogP contribution in [0.25, 0.3) is 0 Å². The second-order valence-electron chi connectivity index (χ2n) is 8.08. The molecule has 0 aliphatic rings. The average Bonchev–Trinajstić information content (AvgIpc) is 2.81. The molecule has 0 aliphatic heterocycles. The van der Waals surface area contributed by atoms with Crippen LogP contribution in [-0.2, 0) is 0 Å². The Balaban J connectivity index is 1.61. The Bertz CT molecular complexity index is 1140. The zero-order chi connectivity index (χ0) is 23.3. The molecule has 0 fully saturated rings. The second-order valence-corrected chi connectivity index (χ2v) is 8.08. The maximum absolute atomic E-state index is 12.6. The zero-order valence-corrected chi connectivity index (χ0v) is 18.4. The van der Waals surface area contributed by atoms with Gasteiger partial charge in [-0.15, -0.1) is 0 Å². The molecule has 0 atom stereocenters. The van der Waals surface area contributed by atoms with Crippen LogP contribution in [0.2, 0.25) is 0 Å². The van der Waals surface area contributed by atoms with Crippen LogP contribution < -0.4 is 36.3 Å². The van der Waals surface area contributed by atoms with Gasteiger partial charge < -0.3 is 25.4 Å². The van der Waals surface area contributed by atoms with Crippen molar-refractivity contribution in [3.05, 3.63) is 68.7 Å². The molecule has 0 spiro atoms. The van der Waals surface area contributed by atoms with Crippen molar-refractivity contribution < 1.29 is 14.3 Å². The third-order valence-corrected chi connectivity index (χ3v) is 4.93. The number of amides is 1. The Morgan fingerprint density at radius 3 is 2.25 bits per heavy atom. The first-order valence-electron chi connectivity index (χ1n) is 9.99. The largest absolute Gasteiger partial charge is 0.497 e. The number of ether oxygens (including phenoxy) is 2. The van der Waals surface area contributed by atoms with E-state index < -0.39 is 16.3 Å². The first-order chi connectivity index (χ1) is 15.2. The number of hydrogen-bond acceptors (Lipinski definition) is 8. The van der Waals surface area contributed by atoms with E-state index >= 15 is 0 Å². The molecular weight excluding hydrogens is 412 g/mol. The molecule has 0 saturated carbocycles. The lowest BCUT2D eigenvalue weighted by atomic mass is 9.93. The van der Waals surface area contributed by atoms with Crippen LogP contribution in [0, 0.1) is 5.41 Å². The predicted molar refractivity (Wildman–Crippen MR) is 123 cm³/mol. The van der Waals surface area contributed by atoms with Gasteiger partial charge in [0, 0.05) is 30.9 Å². The highest BCUT2D eigenvalue weighted by Gasteiger charge is 2.25. The lowest BCUT2D eigenvalue weighted by molar-refractivity contribution is 0.0938. The smallest absolute Gasteiger partial charge is 0.253 e. The van der Waals surface area contributed by atoms with E-state index in [-0.39, 0.29) is 17.3 Å². The molecule has 9 nitrogen and oxygen atoms in total. The number of rotatable bonds is 10. The maximum atomic E-state index is 12.6. The summed E-state index contributed by atoms with van der Waals surface area (Å²) < 4.78 is 10.4. The van der Waals surface area contributed by atoms with E-state index in [0.29, 0.717) is 35.8 Å². The summed E-state index contributed by atoms with van der Waals surface area (Å²) in [6.07, 6.45) is 3.18. The average molecular weight is 438 g/mol. The minimum Gasteiger partial charge on any atom is -0.497 e. The number of pyridine rings is 1. The van der Waals surface area contributed by atoms with Gasteiger partial charge in [-0.2, -0.15) is 0 Å². The Kier molecular flexibility index (Phi) is 6.77. The molecule has 0 unspecified atom stereocenters. The molecule has 3 aromatic rings. The Labute approximate surface area is 185 Å². The van der Waals surface area contributed by atoms with Crippen LogP contribution in [0.1, 0.15) is 24.2 Å². The molecule has 1 aromatic heterocycles. The van der Waals surface area contributed by atoms with Crippen LogP contribution in [0.3, 0.4) is 0 Å². The third-order valence-electron chi connectivity index (χ3n) is 4.93. The fourth-order valence-electron chi connectivity index (χ4n) is 3.01. The number of carbonyl (C=O) groups is 1. The van der Waals surface area contributed by atoms with E-state index in [2.05, 4.69) is 20.9 Å². The normalized spacial score (nSPS) is 11.1. The molecule has 3 rings (SSSR count). The lowest BCUT2D eigenvalue weighted by Gasteiger charge is -2.27. The van der Waals surface area contributed by atoms with Crippen molar-refractivity contribution in [3.63, 3.8) is 0 Å². The first kappa shape index (κ1) is 22.8. The minimum absolute atomic E-state index is 0.214. The fourth-order valence-corrected chi connectivity index (χ4v) is 3.01. The number of anilines is 3. The Morgan fingerprint density at radius 1 is 1.00 bits per heavy atom. The molecule has 1 amide bonds. The van der Waals surface area contributed by atoms with Crippen molar-refractivity contribution in [2.75, 3.05) is 37.9 Å². The molecular formula is C23H26N4O5. The molecule has 9 heteroatoms. The topological polar surface area (TPSA) is 119 Å². The van der Waals surface area contributed by atoms with E-state index in [4.69, 9.17) is 9.47 Å². The van der Waals surface area contributed by atoms with Crippen LogP contribution in [0.4, 0.5) is 17.1 Å². The van der Waals surface area contributed by atoms with Crippen molar-refractivity contribution in [2.24, 2.45) is 5.41 Å². The van der Waals surface area contributed by atoms with Crippen molar-refractivity contribution in [1.29, 1.82) is 0 Å². The number of aromatic nitrogens is 1. The summed E-state index contributed by atoms with van der Waals surface area (Å²) in [5, 5.41) is 8.86. The quantitative estimate of drug-likeness (QED) is 0.413. The molecule has 3 N–H and O–H groups in total. The molecule has 168 valence electrons. The zero-order valence-electron chi connectivity index (χ0n) is 18.4. The molecule has 0 saturated heterocycles. The molecule has 32 heavy (non-hydrogen) atoms. The third kappa shape index (κ3) is 5.23. The summed E-state index contributed by atoms with van der Waals surface area (Å²) in [4.78, 5) is 40.6. The highest BCUT2D eigenvalue weighted by Crippen LogP contribution is 2.24. The first-order valence-corrected chi connectivity index (χ1v) is 9.99. The summed E-state index contributed by atoms with van der Waals surface area (Å²) >= 11 is 0. The SMILES string of the molecule is COc1cc(OC)cc(C(=O)NCC(C)(C)CNc2c(Nc3cccnc3)c(=O)c2=O)c1. The van der Waals surface area contributed by atoms with Crippen LogP contribution >= 0.6 is 0 Å². The van der Waals surface area contributed by atoms with E-state index in [0.717, 1.165) is 0 Å². The van der Waals surface area contributed by atoms with E-state index in [1.807, 2.05) is 13.8 Å². The summed E-state index contributed by atoms with van der Waals surface area (Å²) in [6.45, 7) is 4.57. The van der Waals surface area contributed by atoms with Gasteiger partial charge in [0.2, 0.25) is 0 Å². The standard InChI is InChI=1S/C23H26N4O5/c1-23(2,13-26-22(30)14-8-16(31-3)10-17(9-14)32-4)12-25-18-19(21(29)20(18)28)27-15-6-5-7-24-11-15/h5-11,25,27H,12-13H2,1-4H3,(H,26,30). The van der Waals surface area contributed by atoms with Gasteiger partial charge in [-0.05, 0) is 29.7 Å². The van der Waals surface area contributed by atoms with Gasteiger partial charge in [0.05, 0.1) is 26.1 Å². The summed E-state index contributed by atoms with van der Waals surface area (Å²) in [5.41, 5.74) is -0.0845. The van der Waals surface area contributed by atoms with Crippen molar-refractivity contribution in [2.45, 2.75) is 13.8 Å². The van der Waals surface area contributed by atoms with Gasteiger partial charge >= 0.3 is 0 Å². The van der Waals surface area contributed by atoms with E-state index in [1.165, 1.54) is 14.2 Å². The summed E-state index contributed by atoms with van der Waals surface area (Å²) in [7, 11) is 3.04. The number of methoxy groups -OCH3 is 2. The number of nitrogens with zero attached hydrogens (tertiary/aromatic N) is 1. The second kappa shape index (κ2) is 9.51. The van der Waals surface area contributed by atoms with Gasteiger partial charge in [-0.25, -0.2) is 0 Å². The molecule has 0 radical (unpaired) electrons. The molecule has 1 heterocycles. The number of carbonyl (C=O) groups excluding carboxylic acids is 1. The van der Waals surface area contributed by atoms with Crippen molar-refractivity contribution >= 4 is 23.0 Å². The van der Waals surface area contributed by atoms with Crippen LogP contribution in [0.15, 0.2) is 52.3 Å². The fraction of sp³-hybridized carbons (Fsp3) is 0.304. The Hall–Kier alpha value is -3.88. The highest BCUT2D eigenvalue weighted by atomic mass is 16.5. The predicted octanol–water partition coefficient (Wildman–Crippen LogP) is 2.31. The van der Waals surface area contributed by atoms with Crippen LogP contribution in [0.5, 0.6) is 11.5 Å². The van der Waals surface area contributed by atoms with Crippen LogP contribution in [-0.4, -0.2) is 38.2 Å². The summed E-state index contributed by atoms with van der Waals surface area (Å²) in [6, 6.07) is 8.42. The lowest BCUT2D eigenvalue weighted by Crippen LogP contribution is -2.42. The van der Waals surface area contributed by atoms with Gasteiger partial charge in [0.25, 0.3) is 16.8 Å².